The van der Waals surface area contributed by atoms with Crippen molar-refractivity contribution in [1.29, 1.82) is 0 Å². The van der Waals surface area contributed by atoms with Crippen molar-refractivity contribution >= 4 is 15.7 Å². The first-order chi connectivity index (χ1) is 4.19. The summed E-state index contributed by atoms with van der Waals surface area (Å²) in [7, 11) is -4.71. The van der Waals surface area contributed by atoms with Crippen LogP contribution in [0.3, 0.4) is 0 Å². The number of hydrogen-bond acceptors (Lipinski definition) is 3. The van der Waals surface area contributed by atoms with E-state index in [1.807, 2.05) is 0 Å². The Bertz CT molecular complexity index is 244. The van der Waals surface area contributed by atoms with Crippen molar-refractivity contribution < 1.29 is 22.0 Å². The molecule has 60 valence electrons. The summed E-state index contributed by atoms with van der Waals surface area (Å²) in [4.78, 5) is 9.76. The predicted octanol–water partition coefficient (Wildman–Crippen LogP) is -0.891. The minimum absolute atomic E-state index is 0.234. The molecule has 1 amide bonds. The summed E-state index contributed by atoms with van der Waals surface area (Å²) in [6, 6.07) is 0. The Kier molecular flexibility index (Phi) is 2.00. The number of carbonyl (C=O) groups excluding carboxylic acids is 1. The van der Waals surface area contributed by atoms with Crippen molar-refractivity contribution in [3.8, 4) is 0 Å². The molecule has 0 unspecified atom stereocenters. The van der Waals surface area contributed by atoms with Crippen LogP contribution in [0.1, 0.15) is 0 Å². The van der Waals surface area contributed by atoms with Crippen molar-refractivity contribution in [2.45, 2.75) is 5.25 Å². The summed E-state index contributed by atoms with van der Waals surface area (Å²) in [5, 5.41) is -4.45. The third-order valence-corrected chi connectivity index (χ3v) is 1.89. The van der Waals surface area contributed by atoms with Crippen LogP contribution < -0.4 is 5.73 Å². The van der Waals surface area contributed by atoms with E-state index in [2.05, 4.69) is 5.73 Å². The quantitative estimate of drug-likeness (QED) is 0.588. The van der Waals surface area contributed by atoms with Crippen LogP contribution in [0.15, 0.2) is 0 Å². The van der Waals surface area contributed by atoms with Gasteiger partial charge in [0.15, 0.2) is 0 Å². The van der Waals surface area contributed by atoms with E-state index in [0.29, 0.717) is 0 Å². The molecule has 4 nitrogen and oxygen atoms in total. The van der Waals surface area contributed by atoms with Crippen molar-refractivity contribution in [1.82, 2.24) is 0 Å². The summed E-state index contributed by atoms with van der Waals surface area (Å²) in [5.41, 5.74) is 4.09. The van der Waals surface area contributed by atoms with E-state index in [-0.39, 0.29) is 6.26 Å². The minimum Gasteiger partial charge on any atom is -0.363 e. The zero-order chi connectivity index (χ0) is 8.58. The molecule has 0 saturated carbocycles. The van der Waals surface area contributed by atoms with E-state index in [1.54, 1.807) is 0 Å². The van der Waals surface area contributed by atoms with Gasteiger partial charge in [0.05, 0.1) is 0 Å². The molecule has 0 radical (unpaired) electrons. The van der Waals surface area contributed by atoms with Gasteiger partial charge in [-0.05, 0) is 0 Å². The van der Waals surface area contributed by atoms with Crippen LogP contribution in [0.5, 0.6) is 0 Å². The van der Waals surface area contributed by atoms with Crippen LogP contribution in [-0.2, 0) is 14.6 Å². The Hall–Kier alpha value is -0.720. The highest BCUT2D eigenvalue weighted by Gasteiger charge is 2.47. The van der Waals surface area contributed by atoms with E-state index < -0.39 is 21.0 Å². The van der Waals surface area contributed by atoms with Crippen LogP contribution in [0.4, 0.5) is 8.78 Å². The highest BCUT2D eigenvalue weighted by molar-refractivity contribution is 7.92. The molecule has 0 saturated heterocycles. The van der Waals surface area contributed by atoms with Gasteiger partial charge in [0.2, 0.25) is 9.84 Å². The molecular formula is C3H5F2NO3S. The van der Waals surface area contributed by atoms with Gasteiger partial charge < -0.3 is 5.73 Å². The smallest absolute Gasteiger partial charge is 0.363 e. The molecule has 0 spiro atoms. The SMILES string of the molecule is CS(=O)(=O)C(F)(F)C(N)=O. The highest BCUT2D eigenvalue weighted by atomic mass is 32.2. The minimum atomic E-state index is -4.71. The second-order valence-corrected chi connectivity index (χ2v) is 3.71. The zero-order valence-electron chi connectivity index (χ0n) is 4.97. The average Bonchev–Trinajstić information content (AvgIpc) is 1.62. The Morgan fingerprint density at radius 1 is 1.50 bits per heavy atom. The van der Waals surface area contributed by atoms with Gasteiger partial charge in [-0.3, -0.25) is 4.79 Å². The number of hydrogen-bond donors (Lipinski definition) is 1. The van der Waals surface area contributed by atoms with Crippen LogP contribution in [0, 0.1) is 0 Å². The molecule has 2 N–H and O–H groups in total. The molecule has 0 bridgehead atoms. The van der Waals surface area contributed by atoms with E-state index in [9.17, 15) is 22.0 Å². The first-order valence-electron chi connectivity index (χ1n) is 2.07. The molecule has 0 aliphatic carbocycles. The third-order valence-electron chi connectivity index (χ3n) is 0.753. The zero-order valence-corrected chi connectivity index (χ0v) is 5.78. The monoisotopic (exact) mass is 173 g/mol. The number of halogens is 2. The van der Waals surface area contributed by atoms with Gasteiger partial charge in [0.1, 0.15) is 0 Å². The second kappa shape index (κ2) is 2.15. The number of sulfone groups is 1. The number of rotatable bonds is 2. The number of primary amides is 1. The number of carbonyl (C=O) groups is 1. The maximum absolute atomic E-state index is 12.0. The first-order valence-corrected chi connectivity index (χ1v) is 3.96. The molecule has 0 rings (SSSR count). The molecule has 0 aromatic heterocycles. The maximum atomic E-state index is 12.0. The van der Waals surface area contributed by atoms with Gasteiger partial charge in [0, 0.05) is 6.26 Å². The number of nitrogens with two attached hydrogens (primary N) is 1. The fraction of sp³-hybridized carbons (Fsp3) is 0.667. The third kappa shape index (κ3) is 1.41. The Morgan fingerprint density at radius 3 is 1.80 bits per heavy atom. The average molecular weight is 173 g/mol. The normalized spacial score (nSPS) is 13.1. The van der Waals surface area contributed by atoms with Gasteiger partial charge in [-0.25, -0.2) is 8.42 Å². The van der Waals surface area contributed by atoms with Crippen molar-refractivity contribution in [2.75, 3.05) is 6.26 Å². The van der Waals surface area contributed by atoms with Gasteiger partial charge in [-0.15, -0.1) is 0 Å². The van der Waals surface area contributed by atoms with Crippen LogP contribution in [0.2, 0.25) is 0 Å². The molecular weight excluding hydrogens is 168 g/mol. The van der Waals surface area contributed by atoms with Crippen molar-refractivity contribution in [3.05, 3.63) is 0 Å². The summed E-state index contributed by atoms with van der Waals surface area (Å²) in [6.07, 6.45) is 0.234. The fourth-order valence-corrected chi connectivity index (χ4v) is 0.548. The Morgan fingerprint density at radius 2 is 1.80 bits per heavy atom. The second-order valence-electron chi connectivity index (χ2n) is 1.65. The van der Waals surface area contributed by atoms with Gasteiger partial charge in [-0.2, -0.15) is 8.78 Å². The molecule has 7 heteroatoms. The van der Waals surface area contributed by atoms with Crippen LogP contribution in [-0.4, -0.2) is 25.8 Å². The van der Waals surface area contributed by atoms with Crippen LogP contribution in [0.25, 0.3) is 0 Å². The van der Waals surface area contributed by atoms with Gasteiger partial charge >= 0.3 is 11.2 Å². The lowest BCUT2D eigenvalue weighted by atomic mass is 10.7. The largest absolute Gasteiger partial charge is 0.420 e. The first kappa shape index (κ1) is 9.28. The molecule has 0 aliphatic heterocycles. The van der Waals surface area contributed by atoms with Crippen molar-refractivity contribution in [2.24, 2.45) is 5.73 Å². The molecule has 0 heterocycles. The molecule has 0 aromatic rings. The summed E-state index contributed by atoms with van der Waals surface area (Å²) >= 11 is 0. The van der Waals surface area contributed by atoms with Crippen LogP contribution >= 0.6 is 0 Å². The predicted molar refractivity (Wildman–Crippen MR) is 29.0 cm³/mol. The van der Waals surface area contributed by atoms with E-state index in [0.717, 1.165) is 0 Å². The number of alkyl halides is 2. The summed E-state index contributed by atoms with van der Waals surface area (Å²) in [5.74, 6) is -2.16. The topological polar surface area (TPSA) is 77.2 Å². The van der Waals surface area contributed by atoms with E-state index in [1.165, 1.54) is 0 Å². The Balaban J connectivity index is 4.95. The fourth-order valence-electron chi connectivity index (χ4n) is 0.183. The lowest BCUT2D eigenvalue weighted by Gasteiger charge is -2.07. The Labute approximate surface area is 55.9 Å². The summed E-state index contributed by atoms with van der Waals surface area (Å²) in [6.45, 7) is 0. The number of amides is 1. The standard InChI is InChI=1S/C3H5F2NO3S/c1-10(8,9)3(4,5)2(6)7/h1H3,(H2,6,7). The van der Waals surface area contributed by atoms with E-state index in [4.69, 9.17) is 0 Å². The van der Waals surface area contributed by atoms with Gasteiger partial charge in [-0.1, -0.05) is 0 Å². The van der Waals surface area contributed by atoms with E-state index >= 15 is 0 Å². The lowest BCUT2D eigenvalue weighted by molar-refractivity contribution is -0.132. The maximum Gasteiger partial charge on any atom is 0.420 e. The molecule has 0 aliphatic rings. The van der Waals surface area contributed by atoms with Gasteiger partial charge in [0.25, 0.3) is 0 Å². The summed E-state index contributed by atoms with van der Waals surface area (Å²) < 4.78 is 44.1. The highest BCUT2D eigenvalue weighted by Crippen LogP contribution is 2.18. The molecule has 0 atom stereocenters. The molecule has 10 heavy (non-hydrogen) atoms. The van der Waals surface area contributed by atoms with Crippen molar-refractivity contribution in [3.63, 3.8) is 0 Å². The molecule has 0 fully saturated rings. The molecule has 0 aromatic carbocycles. The lowest BCUT2D eigenvalue weighted by Crippen LogP contribution is -2.42.